The highest BCUT2D eigenvalue weighted by atomic mass is 16.2. The molecule has 21 heavy (non-hydrogen) atoms. The van der Waals surface area contributed by atoms with Gasteiger partial charge < -0.3 is 10.6 Å². The van der Waals surface area contributed by atoms with E-state index in [1.54, 1.807) is 4.90 Å². The summed E-state index contributed by atoms with van der Waals surface area (Å²) in [5.74, 6) is 0.125. The van der Waals surface area contributed by atoms with E-state index in [2.05, 4.69) is 18.2 Å². The fourth-order valence-corrected chi connectivity index (χ4v) is 2.27. The van der Waals surface area contributed by atoms with Crippen molar-refractivity contribution >= 4 is 11.6 Å². The number of anilines is 1. The zero-order valence-corrected chi connectivity index (χ0v) is 12.9. The summed E-state index contributed by atoms with van der Waals surface area (Å²) in [6.07, 6.45) is 0.443. The molecule has 0 bridgehead atoms. The van der Waals surface area contributed by atoms with Gasteiger partial charge in [-0.2, -0.15) is 0 Å². The number of likely N-dealkylation sites (N-methyl/N-ethyl adjacent to an activating group) is 1. The monoisotopic (exact) mass is 282 g/mol. The van der Waals surface area contributed by atoms with Gasteiger partial charge in [0.05, 0.1) is 6.42 Å². The second kappa shape index (κ2) is 6.44. The highest BCUT2D eigenvalue weighted by Gasteiger charge is 2.11. The summed E-state index contributed by atoms with van der Waals surface area (Å²) in [7, 11) is 1.84. The van der Waals surface area contributed by atoms with Crippen LogP contribution in [0.3, 0.4) is 0 Å². The lowest BCUT2D eigenvalue weighted by atomic mass is 10.0. The molecule has 3 nitrogen and oxygen atoms in total. The van der Waals surface area contributed by atoms with Crippen LogP contribution >= 0.6 is 0 Å². The maximum atomic E-state index is 12.3. The maximum absolute atomic E-state index is 12.3. The van der Waals surface area contributed by atoms with E-state index in [0.717, 1.165) is 22.4 Å². The second-order valence-electron chi connectivity index (χ2n) is 5.60. The fourth-order valence-electron chi connectivity index (χ4n) is 2.27. The highest BCUT2D eigenvalue weighted by Crippen LogP contribution is 2.13. The van der Waals surface area contributed by atoms with Crippen LogP contribution in [-0.4, -0.2) is 17.9 Å². The Morgan fingerprint density at radius 3 is 2.43 bits per heavy atom. The summed E-state index contributed by atoms with van der Waals surface area (Å²) in [5, 5.41) is 0. The number of hydrogen-bond donors (Lipinski definition) is 1. The fraction of sp³-hybridized carbons (Fsp3) is 0.278. The van der Waals surface area contributed by atoms with Crippen LogP contribution in [0, 0.1) is 13.8 Å². The normalized spacial score (nSPS) is 10.4. The van der Waals surface area contributed by atoms with Crippen LogP contribution in [0.5, 0.6) is 0 Å². The minimum atomic E-state index is 0.125. The van der Waals surface area contributed by atoms with Crippen LogP contribution in [0.1, 0.15) is 22.3 Å². The second-order valence-corrected chi connectivity index (χ2v) is 5.60. The van der Waals surface area contributed by atoms with Gasteiger partial charge in [-0.3, -0.25) is 4.79 Å². The Morgan fingerprint density at radius 2 is 1.76 bits per heavy atom. The van der Waals surface area contributed by atoms with E-state index in [-0.39, 0.29) is 5.91 Å². The topological polar surface area (TPSA) is 46.3 Å². The van der Waals surface area contributed by atoms with Gasteiger partial charge in [0.15, 0.2) is 0 Å². The van der Waals surface area contributed by atoms with Gasteiger partial charge in [0.25, 0.3) is 0 Å². The first-order valence-corrected chi connectivity index (χ1v) is 7.10. The van der Waals surface area contributed by atoms with Crippen LogP contribution in [0.2, 0.25) is 0 Å². The average Bonchev–Trinajstić information content (AvgIpc) is 2.45. The van der Waals surface area contributed by atoms with Crippen molar-refractivity contribution in [2.45, 2.75) is 26.8 Å². The van der Waals surface area contributed by atoms with E-state index in [9.17, 15) is 4.79 Å². The molecular formula is C18H22N2O. The van der Waals surface area contributed by atoms with Gasteiger partial charge >= 0.3 is 0 Å². The Labute approximate surface area is 126 Å². The summed E-state index contributed by atoms with van der Waals surface area (Å²) in [6, 6.07) is 13.9. The van der Waals surface area contributed by atoms with Crippen molar-refractivity contribution in [3.8, 4) is 0 Å². The summed E-state index contributed by atoms with van der Waals surface area (Å²) in [6.45, 7) is 4.69. The van der Waals surface area contributed by atoms with Crippen LogP contribution in [0.25, 0.3) is 0 Å². The highest BCUT2D eigenvalue weighted by molar-refractivity contribution is 5.79. The number of nitrogens with two attached hydrogens (primary N) is 1. The maximum Gasteiger partial charge on any atom is 0.227 e. The molecule has 0 aromatic heterocycles. The minimum Gasteiger partial charge on any atom is -0.399 e. The number of rotatable bonds is 4. The Bertz CT molecular complexity index is 632. The third kappa shape index (κ3) is 4.09. The molecular weight excluding hydrogens is 260 g/mol. The van der Waals surface area contributed by atoms with E-state index in [0.29, 0.717) is 13.0 Å². The van der Waals surface area contributed by atoms with E-state index >= 15 is 0 Å². The number of carbonyl (C=O) groups is 1. The first-order valence-electron chi connectivity index (χ1n) is 7.10. The standard InChI is InChI=1S/C18H22N2O/c1-13-4-5-14(2)16(10-13)11-18(21)20(3)12-15-6-8-17(19)9-7-15/h4-10H,11-12,19H2,1-3H3. The lowest BCUT2D eigenvalue weighted by Crippen LogP contribution is -2.28. The van der Waals surface area contributed by atoms with Gasteiger partial charge in [-0.25, -0.2) is 0 Å². The molecule has 3 heteroatoms. The lowest BCUT2D eigenvalue weighted by molar-refractivity contribution is -0.129. The molecule has 0 saturated heterocycles. The number of benzene rings is 2. The predicted octanol–water partition coefficient (Wildman–Crippen LogP) is 3.09. The van der Waals surface area contributed by atoms with Crippen molar-refractivity contribution in [3.05, 3.63) is 64.7 Å². The zero-order valence-electron chi connectivity index (χ0n) is 12.9. The molecule has 0 aliphatic carbocycles. The molecule has 0 saturated carbocycles. The van der Waals surface area contributed by atoms with Crippen LogP contribution in [-0.2, 0) is 17.8 Å². The van der Waals surface area contributed by atoms with Crippen molar-refractivity contribution in [1.29, 1.82) is 0 Å². The van der Waals surface area contributed by atoms with Crippen molar-refractivity contribution in [3.63, 3.8) is 0 Å². The van der Waals surface area contributed by atoms with Crippen molar-refractivity contribution in [1.82, 2.24) is 4.90 Å². The molecule has 1 amide bonds. The van der Waals surface area contributed by atoms with E-state index in [1.165, 1.54) is 5.56 Å². The van der Waals surface area contributed by atoms with E-state index in [4.69, 9.17) is 5.73 Å². The number of amides is 1. The molecule has 0 spiro atoms. The number of nitrogens with zero attached hydrogens (tertiary/aromatic N) is 1. The van der Waals surface area contributed by atoms with Crippen molar-refractivity contribution < 1.29 is 4.79 Å². The van der Waals surface area contributed by atoms with Gasteiger partial charge in [-0.05, 0) is 42.7 Å². The number of aryl methyl sites for hydroxylation is 2. The Morgan fingerprint density at radius 1 is 1.10 bits per heavy atom. The predicted molar refractivity (Wildman–Crippen MR) is 86.9 cm³/mol. The molecule has 2 rings (SSSR count). The van der Waals surface area contributed by atoms with Crippen LogP contribution < -0.4 is 5.73 Å². The molecule has 0 aliphatic heterocycles. The molecule has 0 unspecified atom stereocenters. The number of nitrogen functional groups attached to an aromatic ring is 1. The molecule has 2 N–H and O–H groups in total. The summed E-state index contributed by atoms with van der Waals surface area (Å²) >= 11 is 0. The van der Waals surface area contributed by atoms with Crippen LogP contribution in [0.15, 0.2) is 42.5 Å². The van der Waals surface area contributed by atoms with Crippen molar-refractivity contribution in [2.24, 2.45) is 0 Å². The third-order valence-electron chi connectivity index (χ3n) is 3.67. The van der Waals surface area contributed by atoms with Gasteiger partial charge in [0.1, 0.15) is 0 Å². The van der Waals surface area contributed by atoms with E-state index < -0.39 is 0 Å². The zero-order chi connectivity index (χ0) is 15.4. The smallest absolute Gasteiger partial charge is 0.227 e. The van der Waals surface area contributed by atoms with E-state index in [1.807, 2.05) is 45.2 Å². The molecule has 110 valence electrons. The Hall–Kier alpha value is -2.29. The Kier molecular flexibility index (Phi) is 4.63. The number of hydrogen-bond acceptors (Lipinski definition) is 2. The molecule has 0 radical (unpaired) electrons. The first-order chi connectivity index (χ1) is 9.95. The quantitative estimate of drug-likeness (QED) is 0.876. The van der Waals surface area contributed by atoms with Gasteiger partial charge in [-0.1, -0.05) is 35.9 Å². The molecule has 0 heterocycles. The lowest BCUT2D eigenvalue weighted by Gasteiger charge is -2.18. The van der Waals surface area contributed by atoms with Crippen molar-refractivity contribution in [2.75, 3.05) is 12.8 Å². The number of carbonyl (C=O) groups excluding carboxylic acids is 1. The molecule has 2 aromatic rings. The molecule has 0 fully saturated rings. The Balaban J connectivity index is 2.02. The largest absolute Gasteiger partial charge is 0.399 e. The molecule has 2 aromatic carbocycles. The SMILES string of the molecule is Cc1ccc(C)c(CC(=O)N(C)Cc2ccc(N)cc2)c1. The molecule has 0 aliphatic rings. The summed E-state index contributed by atoms with van der Waals surface area (Å²) in [4.78, 5) is 14.1. The minimum absolute atomic E-state index is 0.125. The van der Waals surface area contributed by atoms with Gasteiger partial charge in [-0.15, -0.1) is 0 Å². The third-order valence-corrected chi connectivity index (χ3v) is 3.67. The van der Waals surface area contributed by atoms with Gasteiger partial charge in [0, 0.05) is 19.3 Å². The first kappa shape index (κ1) is 15.1. The summed E-state index contributed by atoms with van der Waals surface area (Å²) < 4.78 is 0. The van der Waals surface area contributed by atoms with Gasteiger partial charge in [0.2, 0.25) is 5.91 Å². The summed E-state index contributed by atoms with van der Waals surface area (Å²) in [5.41, 5.74) is 10.9. The van der Waals surface area contributed by atoms with Crippen LogP contribution in [0.4, 0.5) is 5.69 Å². The average molecular weight is 282 g/mol. The molecule has 0 atom stereocenters.